The first-order valence-electron chi connectivity index (χ1n) is 8.47. The molecule has 25 heavy (non-hydrogen) atoms. The fourth-order valence-electron chi connectivity index (χ4n) is 3.02. The summed E-state index contributed by atoms with van der Waals surface area (Å²) in [6.07, 6.45) is 1.56. The molecule has 2 amide bonds. The third-order valence-electron chi connectivity index (χ3n) is 4.27. The van der Waals surface area contributed by atoms with Gasteiger partial charge in [-0.3, -0.25) is 9.59 Å². The zero-order valence-corrected chi connectivity index (χ0v) is 14.2. The van der Waals surface area contributed by atoms with E-state index in [0.717, 1.165) is 24.1 Å². The van der Waals surface area contributed by atoms with Crippen molar-refractivity contribution in [3.8, 4) is 0 Å². The van der Waals surface area contributed by atoms with Crippen LogP contribution in [0.5, 0.6) is 0 Å². The molecule has 0 aliphatic carbocycles. The molecule has 2 atom stereocenters. The molecule has 2 aromatic carbocycles. The van der Waals surface area contributed by atoms with Crippen LogP contribution in [0.25, 0.3) is 0 Å². The second kappa shape index (κ2) is 7.94. The van der Waals surface area contributed by atoms with Gasteiger partial charge in [-0.2, -0.15) is 0 Å². The highest BCUT2D eigenvalue weighted by atomic mass is 16.5. The van der Waals surface area contributed by atoms with Crippen LogP contribution in [-0.2, 0) is 9.53 Å². The van der Waals surface area contributed by atoms with Gasteiger partial charge in [0.1, 0.15) is 0 Å². The van der Waals surface area contributed by atoms with Gasteiger partial charge in [-0.05, 0) is 42.7 Å². The predicted octanol–water partition coefficient (Wildman–Crippen LogP) is 3.30. The summed E-state index contributed by atoms with van der Waals surface area (Å²) in [6, 6.07) is 16.9. The number of benzene rings is 2. The Labute approximate surface area is 147 Å². The molecule has 1 aliphatic heterocycles. The summed E-state index contributed by atoms with van der Waals surface area (Å²) in [6.45, 7) is 2.16. The van der Waals surface area contributed by atoms with Crippen molar-refractivity contribution in [2.24, 2.45) is 0 Å². The minimum atomic E-state index is -0.131. The normalized spacial score (nSPS) is 19.9. The van der Waals surface area contributed by atoms with Gasteiger partial charge in [0.05, 0.1) is 6.10 Å². The molecule has 0 unspecified atom stereocenters. The van der Waals surface area contributed by atoms with Crippen molar-refractivity contribution in [3.05, 3.63) is 65.7 Å². The highest BCUT2D eigenvalue weighted by Crippen LogP contribution is 2.29. The van der Waals surface area contributed by atoms with Crippen molar-refractivity contribution >= 4 is 17.5 Å². The van der Waals surface area contributed by atoms with E-state index >= 15 is 0 Å². The number of carbonyl (C=O) groups excluding carboxylic acids is 2. The summed E-state index contributed by atoms with van der Waals surface area (Å²) in [5, 5.41) is 5.85. The second-order valence-corrected chi connectivity index (χ2v) is 6.22. The lowest BCUT2D eigenvalue weighted by Gasteiger charge is -2.30. The standard InChI is InChI=1S/C20H22N2O3/c1-14(23)21-18-11-12-25-19(13-18)15-7-9-17(10-8-15)22-20(24)16-5-3-2-4-6-16/h2-10,18-19H,11-13H2,1H3,(H,21,23)(H,22,24)/t18-,19+/m0/s1. The molecule has 2 aromatic rings. The fraction of sp³-hybridized carbons (Fsp3) is 0.300. The Morgan fingerprint density at radius 2 is 1.76 bits per heavy atom. The molecule has 130 valence electrons. The highest BCUT2D eigenvalue weighted by Gasteiger charge is 2.24. The van der Waals surface area contributed by atoms with Crippen LogP contribution < -0.4 is 10.6 Å². The zero-order valence-electron chi connectivity index (χ0n) is 14.2. The van der Waals surface area contributed by atoms with E-state index in [1.807, 2.05) is 42.5 Å². The van der Waals surface area contributed by atoms with Crippen LogP contribution in [0.3, 0.4) is 0 Å². The Balaban J connectivity index is 1.62. The zero-order chi connectivity index (χ0) is 17.6. The summed E-state index contributed by atoms with van der Waals surface area (Å²) in [7, 11) is 0. The van der Waals surface area contributed by atoms with Crippen molar-refractivity contribution in [2.75, 3.05) is 11.9 Å². The molecule has 0 radical (unpaired) electrons. The topological polar surface area (TPSA) is 67.4 Å². The Hall–Kier alpha value is -2.66. The van der Waals surface area contributed by atoms with E-state index in [1.165, 1.54) is 6.92 Å². The minimum absolute atomic E-state index is 0.00961. The molecule has 1 saturated heterocycles. The number of hydrogen-bond acceptors (Lipinski definition) is 3. The van der Waals surface area contributed by atoms with Crippen molar-refractivity contribution in [3.63, 3.8) is 0 Å². The van der Waals surface area contributed by atoms with Gasteiger partial charge in [0.15, 0.2) is 0 Å². The van der Waals surface area contributed by atoms with Gasteiger partial charge in [0.2, 0.25) is 5.91 Å². The van der Waals surface area contributed by atoms with E-state index in [1.54, 1.807) is 12.1 Å². The molecule has 0 saturated carbocycles. The molecule has 5 nitrogen and oxygen atoms in total. The Morgan fingerprint density at radius 1 is 1.04 bits per heavy atom. The van der Waals surface area contributed by atoms with Crippen molar-refractivity contribution < 1.29 is 14.3 Å². The predicted molar refractivity (Wildman–Crippen MR) is 96.4 cm³/mol. The monoisotopic (exact) mass is 338 g/mol. The van der Waals surface area contributed by atoms with E-state index in [0.29, 0.717) is 12.2 Å². The Kier molecular flexibility index (Phi) is 5.46. The fourth-order valence-corrected chi connectivity index (χ4v) is 3.02. The van der Waals surface area contributed by atoms with Crippen LogP contribution in [0, 0.1) is 0 Å². The van der Waals surface area contributed by atoms with Crippen LogP contribution in [0.4, 0.5) is 5.69 Å². The maximum absolute atomic E-state index is 12.2. The van der Waals surface area contributed by atoms with E-state index in [4.69, 9.17) is 4.74 Å². The number of carbonyl (C=O) groups is 2. The number of amides is 2. The number of rotatable bonds is 4. The second-order valence-electron chi connectivity index (χ2n) is 6.22. The first-order valence-corrected chi connectivity index (χ1v) is 8.47. The lowest BCUT2D eigenvalue weighted by Crippen LogP contribution is -2.38. The van der Waals surface area contributed by atoms with Gasteiger partial charge in [-0.1, -0.05) is 30.3 Å². The summed E-state index contributed by atoms with van der Waals surface area (Å²) in [5.74, 6) is -0.141. The molecule has 5 heteroatoms. The van der Waals surface area contributed by atoms with E-state index in [-0.39, 0.29) is 24.0 Å². The van der Waals surface area contributed by atoms with E-state index in [2.05, 4.69) is 10.6 Å². The number of anilines is 1. The number of nitrogens with one attached hydrogen (secondary N) is 2. The highest BCUT2D eigenvalue weighted by molar-refractivity contribution is 6.04. The molecule has 0 aromatic heterocycles. The molecule has 3 rings (SSSR count). The van der Waals surface area contributed by atoms with Gasteiger partial charge < -0.3 is 15.4 Å². The smallest absolute Gasteiger partial charge is 0.255 e. The summed E-state index contributed by atoms with van der Waals surface area (Å²) in [5.41, 5.74) is 2.42. The van der Waals surface area contributed by atoms with Crippen molar-refractivity contribution in [1.82, 2.24) is 5.32 Å². The summed E-state index contributed by atoms with van der Waals surface area (Å²) >= 11 is 0. The molecule has 1 heterocycles. The van der Waals surface area contributed by atoms with E-state index < -0.39 is 0 Å². The van der Waals surface area contributed by atoms with Gasteiger partial charge in [-0.15, -0.1) is 0 Å². The first kappa shape index (κ1) is 17.2. The first-order chi connectivity index (χ1) is 12.1. The van der Waals surface area contributed by atoms with Crippen LogP contribution in [0.15, 0.2) is 54.6 Å². The third kappa shape index (κ3) is 4.67. The van der Waals surface area contributed by atoms with Gasteiger partial charge in [0.25, 0.3) is 5.91 Å². The Bertz CT molecular complexity index is 728. The molecule has 0 spiro atoms. The van der Waals surface area contributed by atoms with E-state index in [9.17, 15) is 9.59 Å². The SMILES string of the molecule is CC(=O)N[C@H]1CCO[C@@H](c2ccc(NC(=O)c3ccccc3)cc2)C1. The van der Waals surface area contributed by atoms with Gasteiger partial charge in [-0.25, -0.2) is 0 Å². The molecular weight excluding hydrogens is 316 g/mol. The van der Waals surface area contributed by atoms with Crippen LogP contribution in [-0.4, -0.2) is 24.5 Å². The van der Waals surface area contributed by atoms with Crippen LogP contribution in [0.2, 0.25) is 0 Å². The molecule has 1 fully saturated rings. The third-order valence-corrected chi connectivity index (χ3v) is 4.27. The van der Waals surface area contributed by atoms with Crippen LogP contribution in [0.1, 0.15) is 41.8 Å². The quantitative estimate of drug-likeness (QED) is 0.899. The van der Waals surface area contributed by atoms with Gasteiger partial charge in [0, 0.05) is 30.8 Å². The summed E-state index contributed by atoms with van der Waals surface area (Å²) < 4.78 is 5.83. The van der Waals surface area contributed by atoms with Crippen molar-refractivity contribution in [1.29, 1.82) is 0 Å². The molecule has 1 aliphatic rings. The van der Waals surface area contributed by atoms with Gasteiger partial charge >= 0.3 is 0 Å². The van der Waals surface area contributed by atoms with Crippen molar-refractivity contribution in [2.45, 2.75) is 31.9 Å². The largest absolute Gasteiger partial charge is 0.373 e. The lowest BCUT2D eigenvalue weighted by atomic mass is 9.97. The average Bonchev–Trinajstić information content (AvgIpc) is 2.63. The van der Waals surface area contributed by atoms with Crippen LogP contribution >= 0.6 is 0 Å². The lowest BCUT2D eigenvalue weighted by molar-refractivity contribution is -0.120. The maximum atomic E-state index is 12.2. The molecule has 0 bridgehead atoms. The number of hydrogen-bond donors (Lipinski definition) is 2. The maximum Gasteiger partial charge on any atom is 0.255 e. The average molecular weight is 338 g/mol. The number of ether oxygens (including phenoxy) is 1. The minimum Gasteiger partial charge on any atom is -0.373 e. The molecule has 2 N–H and O–H groups in total. The Morgan fingerprint density at radius 3 is 2.44 bits per heavy atom. The summed E-state index contributed by atoms with van der Waals surface area (Å²) in [4.78, 5) is 23.4. The molecular formula is C20H22N2O3.